The number of hydrogen-bond donors (Lipinski definition) is 1. The first-order chi connectivity index (χ1) is 7.69. The maximum absolute atomic E-state index is 11.6. The van der Waals surface area contributed by atoms with Crippen molar-refractivity contribution in [3.8, 4) is 0 Å². The molecule has 1 aromatic carbocycles. The third-order valence-electron chi connectivity index (χ3n) is 2.80. The van der Waals surface area contributed by atoms with Gasteiger partial charge in [-0.2, -0.15) is 0 Å². The van der Waals surface area contributed by atoms with Gasteiger partial charge in [0.15, 0.2) is 0 Å². The van der Waals surface area contributed by atoms with E-state index in [2.05, 4.69) is 15.9 Å². The number of halogens is 1. The van der Waals surface area contributed by atoms with Gasteiger partial charge in [0.25, 0.3) is 0 Å². The van der Waals surface area contributed by atoms with Crippen LogP contribution in [0.2, 0.25) is 0 Å². The van der Waals surface area contributed by atoms with Gasteiger partial charge in [0, 0.05) is 30.9 Å². The predicted octanol–water partition coefficient (Wildman–Crippen LogP) is 1.64. The minimum absolute atomic E-state index is 0.227. The van der Waals surface area contributed by atoms with Crippen molar-refractivity contribution in [2.75, 3.05) is 6.54 Å². The smallest absolute Gasteiger partial charge is 0.224 e. The molecule has 1 aliphatic heterocycles. The van der Waals surface area contributed by atoms with E-state index >= 15 is 0 Å². The molecule has 1 aliphatic rings. The van der Waals surface area contributed by atoms with E-state index in [0.29, 0.717) is 24.3 Å². The zero-order valence-corrected chi connectivity index (χ0v) is 10.6. The van der Waals surface area contributed by atoms with E-state index in [9.17, 15) is 4.79 Å². The Morgan fingerprint density at radius 3 is 2.44 bits per heavy atom. The minimum atomic E-state index is 0.227. The van der Waals surface area contributed by atoms with Crippen molar-refractivity contribution < 1.29 is 4.79 Å². The first-order valence-corrected chi connectivity index (χ1v) is 6.30. The molecule has 1 saturated heterocycles. The molecule has 1 aromatic rings. The van der Waals surface area contributed by atoms with Crippen molar-refractivity contribution in [2.24, 2.45) is 5.73 Å². The Kier molecular flexibility index (Phi) is 3.61. The summed E-state index contributed by atoms with van der Waals surface area (Å²) >= 11 is 3.48. The first-order valence-electron chi connectivity index (χ1n) is 5.39. The Hall–Kier alpha value is -0.870. The van der Waals surface area contributed by atoms with Crippen molar-refractivity contribution >= 4 is 21.8 Å². The van der Waals surface area contributed by atoms with Crippen molar-refractivity contribution in [3.63, 3.8) is 0 Å². The molecular formula is C12H15BrN2O. The van der Waals surface area contributed by atoms with Gasteiger partial charge in [0.2, 0.25) is 5.91 Å². The van der Waals surface area contributed by atoms with Crippen LogP contribution in [0, 0.1) is 0 Å². The van der Waals surface area contributed by atoms with Crippen molar-refractivity contribution in [3.05, 3.63) is 35.4 Å². The molecule has 1 fully saturated rings. The highest BCUT2D eigenvalue weighted by molar-refractivity contribution is 9.09. The van der Waals surface area contributed by atoms with Gasteiger partial charge >= 0.3 is 0 Å². The summed E-state index contributed by atoms with van der Waals surface area (Å²) in [6.45, 7) is 2.07. The summed E-state index contributed by atoms with van der Waals surface area (Å²) in [4.78, 5) is 13.8. The molecule has 2 N–H and O–H groups in total. The summed E-state index contributed by atoms with van der Waals surface area (Å²) in [5, 5.41) is 0. The Balaban J connectivity index is 2.01. The van der Waals surface area contributed by atoms with E-state index in [-0.39, 0.29) is 5.91 Å². The zero-order chi connectivity index (χ0) is 11.5. The Labute approximate surface area is 104 Å². The summed E-state index contributed by atoms with van der Waals surface area (Å²) in [6.07, 6.45) is 0.612. The summed E-state index contributed by atoms with van der Waals surface area (Å²) in [6, 6.07) is 8.11. The van der Waals surface area contributed by atoms with E-state index < -0.39 is 0 Å². The number of alkyl halides is 1. The van der Waals surface area contributed by atoms with Gasteiger partial charge < -0.3 is 10.6 Å². The van der Waals surface area contributed by atoms with Crippen molar-refractivity contribution in [1.82, 2.24) is 4.90 Å². The molecule has 0 bridgehead atoms. The largest absolute Gasteiger partial charge is 0.337 e. The quantitative estimate of drug-likeness (QED) is 0.857. The molecule has 0 aliphatic carbocycles. The molecule has 0 spiro atoms. The highest BCUT2D eigenvalue weighted by Crippen LogP contribution is 2.20. The number of amides is 1. The Morgan fingerprint density at radius 2 is 1.94 bits per heavy atom. The molecule has 3 nitrogen and oxygen atoms in total. The van der Waals surface area contributed by atoms with Gasteiger partial charge in [0.1, 0.15) is 0 Å². The average Bonchev–Trinajstić information content (AvgIpc) is 2.59. The summed E-state index contributed by atoms with van der Waals surface area (Å²) in [5.74, 6) is 0.227. The SMILES string of the molecule is NCc1ccc(CN2CC(Br)CC2=O)cc1. The van der Waals surface area contributed by atoms with Crippen LogP contribution in [0.25, 0.3) is 0 Å². The number of nitrogens with two attached hydrogens (primary N) is 1. The maximum atomic E-state index is 11.6. The average molecular weight is 283 g/mol. The highest BCUT2D eigenvalue weighted by Gasteiger charge is 2.27. The van der Waals surface area contributed by atoms with Gasteiger partial charge in [-0.3, -0.25) is 4.79 Å². The lowest BCUT2D eigenvalue weighted by Gasteiger charge is -2.15. The van der Waals surface area contributed by atoms with Crippen LogP contribution in [0.15, 0.2) is 24.3 Å². The van der Waals surface area contributed by atoms with E-state index in [1.165, 1.54) is 0 Å². The fourth-order valence-corrected chi connectivity index (χ4v) is 2.50. The fraction of sp³-hybridized carbons (Fsp3) is 0.417. The van der Waals surface area contributed by atoms with Crippen LogP contribution in [0.5, 0.6) is 0 Å². The summed E-state index contributed by atoms with van der Waals surface area (Å²) in [7, 11) is 0. The second-order valence-corrected chi connectivity index (χ2v) is 5.39. The number of carbonyl (C=O) groups excluding carboxylic acids is 1. The molecule has 2 rings (SSSR count). The molecular weight excluding hydrogens is 268 g/mol. The van der Waals surface area contributed by atoms with Crippen LogP contribution >= 0.6 is 15.9 Å². The van der Waals surface area contributed by atoms with Crippen LogP contribution in [0.3, 0.4) is 0 Å². The number of benzene rings is 1. The van der Waals surface area contributed by atoms with Crippen molar-refractivity contribution in [2.45, 2.75) is 24.3 Å². The fourth-order valence-electron chi connectivity index (χ4n) is 1.88. The topological polar surface area (TPSA) is 46.3 Å². The molecule has 1 heterocycles. The van der Waals surface area contributed by atoms with Crippen LogP contribution in [-0.4, -0.2) is 22.2 Å². The lowest BCUT2D eigenvalue weighted by Crippen LogP contribution is -2.24. The number of hydrogen-bond acceptors (Lipinski definition) is 2. The van der Waals surface area contributed by atoms with Gasteiger partial charge in [-0.25, -0.2) is 0 Å². The number of rotatable bonds is 3. The van der Waals surface area contributed by atoms with Gasteiger partial charge in [-0.05, 0) is 11.1 Å². The monoisotopic (exact) mass is 282 g/mol. The van der Waals surface area contributed by atoms with E-state index in [4.69, 9.17) is 5.73 Å². The normalized spacial score (nSPS) is 20.5. The van der Waals surface area contributed by atoms with E-state index in [0.717, 1.165) is 17.7 Å². The van der Waals surface area contributed by atoms with Gasteiger partial charge in [0.05, 0.1) is 0 Å². The second-order valence-electron chi connectivity index (χ2n) is 4.10. The summed E-state index contributed by atoms with van der Waals surface area (Å²) in [5.41, 5.74) is 7.81. The molecule has 4 heteroatoms. The first kappa shape index (κ1) is 11.6. The van der Waals surface area contributed by atoms with E-state index in [1.54, 1.807) is 0 Å². The number of likely N-dealkylation sites (tertiary alicyclic amines) is 1. The minimum Gasteiger partial charge on any atom is -0.337 e. The summed E-state index contributed by atoms with van der Waals surface area (Å²) < 4.78 is 0. The van der Waals surface area contributed by atoms with Gasteiger partial charge in [-0.1, -0.05) is 40.2 Å². The molecule has 0 radical (unpaired) electrons. The van der Waals surface area contributed by atoms with Crippen LogP contribution in [-0.2, 0) is 17.9 Å². The predicted molar refractivity (Wildman–Crippen MR) is 67.1 cm³/mol. The number of carbonyl (C=O) groups is 1. The molecule has 16 heavy (non-hydrogen) atoms. The lowest BCUT2D eigenvalue weighted by molar-refractivity contribution is -0.128. The second kappa shape index (κ2) is 4.97. The molecule has 1 amide bonds. The molecule has 0 aromatic heterocycles. The third-order valence-corrected chi connectivity index (χ3v) is 3.41. The van der Waals surface area contributed by atoms with E-state index in [1.807, 2.05) is 29.2 Å². The van der Waals surface area contributed by atoms with Crippen LogP contribution in [0.4, 0.5) is 0 Å². The molecule has 1 atom stereocenters. The third kappa shape index (κ3) is 2.62. The zero-order valence-electron chi connectivity index (χ0n) is 9.03. The van der Waals surface area contributed by atoms with Crippen LogP contribution < -0.4 is 5.73 Å². The molecule has 0 saturated carbocycles. The number of nitrogens with zero attached hydrogens (tertiary/aromatic N) is 1. The Morgan fingerprint density at radius 1 is 1.31 bits per heavy atom. The van der Waals surface area contributed by atoms with Crippen molar-refractivity contribution in [1.29, 1.82) is 0 Å². The lowest BCUT2D eigenvalue weighted by atomic mass is 10.1. The Bertz CT molecular complexity index is 377. The van der Waals surface area contributed by atoms with Crippen LogP contribution in [0.1, 0.15) is 17.5 Å². The highest BCUT2D eigenvalue weighted by atomic mass is 79.9. The standard InChI is InChI=1S/C12H15BrN2O/c13-11-5-12(16)15(8-11)7-10-3-1-9(6-14)2-4-10/h1-4,11H,5-8,14H2. The molecule has 1 unspecified atom stereocenters. The van der Waals surface area contributed by atoms with Gasteiger partial charge in [-0.15, -0.1) is 0 Å². The molecule has 86 valence electrons. The maximum Gasteiger partial charge on any atom is 0.224 e.